The lowest BCUT2D eigenvalue weighted by molar-refractivity contribution is 0.316. The lowest BCUT2D eigenvalue weighted by Crippen LogP contribution is -2.30. The van der Waals surface area contributed by atoms with Gasteiger partial charge in [-0.25, -0.2) is 0 Å². The van der Waals surface area contributed by atoms with Gasteiger partial charge in [-0.3, -0.25) is 0 Å². The molecule has 0 saturated heterocycles. The van der Waals surface area contributed by atoms with E-state index in [-0.39, 0.29) is 11.9 Å². The summed E-state index contributed by atoms with van der Waals surface area (Å²) in [6, 6.07) is 8.46. The third kappa shape index (κ3) is 3.59. The van der Waals surface area contributed by atoms with Crippen LogP contribution in [-0.2, 0) is 0 Å². The van der Waals surface area contributed by atoms with Gasteiger partial charge < -0.3 is 16.3 Å². The second-order valence-electron chi connectivity index (χ2n) is 3.60. The van der Waals surface area contributed by atoms with Crippen molar-refractivity contribution < 1.29 is 5.21 Å². The highest BCUT2D eigenvalue weighted by Crippen LogP contribution is 2.12. The van der Waals surface area contributed by atoms with Crippen LogP contribution in [0.15, 0.2) is 29.4 Å². The van der Waals surface area contributed by atoms with Crippen molar-refractivity contribution in [1.29, 1.82) is 0 Å². The predicted octanol–water partition coefficient (Wildman–Crippen LogP) is 1.39. The minimum absolute atomic E-state index is 0.186. The highest BCUT2D eigenvalue weighted by molar-refractivity contribution is 5.81. The molecule has 0 saturated carbocycles. The van der Waals surface area contributed by atoms with Gasteiger partial charge in [-0.05, 0) is 19.4 Å². The molecule has 0 amide bonds. The van der Waals surface area contributed by atoms with E-state index in [0.29, 0.717) is 6.54 Å². The van der Waals surface area contributed by atoms with Crippen LogP contribution in [0.1, 0.15) is 24.1 Å². The summed E-state index contributed by atoms with van der Waals surface area (Å²) in [6.07, 6.45) is 0. The number of benzene rings is 1. The van der Waals surface area contributed by atoms with Gasteiger partial charge in [0.05, 0.1) is 6.54 Å². The molecule has 0 heterocycles. The summed E-state index contributed by atoms with van der Waals surface area (Å²) in [6.45, 7) is 4.47. The Morgan fingerprint density at radius 3 is 2.60 bits per heavy atom. The lowest BCUT2D eigenvalue weighted by atomic mass is 10.1. The Labute approximate surface area is 89.8 Å². The zero-order valence-corrected chi connectivity index (χ0v) is 9.07. The fraction of sp³-hybridized carbons (Fsp3) is 0.364. The molecule has 0 radical (unpaired) electrons. The van der Waals surface area contributed by atoms with Gasteiger partial charge in [0, 0.05) is 6.04 Å². The second kappa shape index (κ2) is 5.36. The van der Waals surface area contributed by atoms with Gasteiger partial charge in [-0.15, -0.1) is 0 Å². The standard InChI is InChI=1S/C11H17N3O/c1-8-3-5-10(6-4-8)9(2)13-7-11(12)14-15/h3-6,9,13,15H,7H2,1-2H3,(H2,12,14)/t9-/m0/s1. The first kappa shape index (κ1) is 11.5. The summed E-state index contributed by atoms with van der Waals surface area (Å²) in [4.78, 5) is 0. The van der Waals surface area contributed by atoms with Crippen LogP contribution < -0.4 is 11.1 Å². The third-order valence-corrected chi connectivity index (χ3v) is 2.30. The first-order chi connectivity index (χ1) is 7.13. The van der Waals surface area contributed by atoms with Crippen LogP contribution in [0.3, 0.4) is 0 Å². The van der Waals surface area contributed by atoms with E-state index in [1.165, 1.54) is 11.1 Å². The van der Waals surface area contributed by atoms with E-state index in [1.54, 1.807) is 0 Å². The minimum Gasteiger partial charge on any atom is -0.409 e. The van der Waals surface area contributed by atoms with E-state index >= 15 is 0 Å². The first-order valence-corrected chi connectivity index (χ1v) is 4.90. The van der Waals surface area contributed by atoms with E-state index in [4.69, 9.17) is 10.9 Å². The van der Waals surface area contributed by atoms with Gasteiger partial charge in [0.25, 0.3) is 0 Å². The summed E-state index contributed by atoms with van der Waals surface area (Å²) in [5.41, 5.74) is 7.79. The second-order valence-corrected chi connectivity index (χ2v) is 3.60. The average molecular weight is 207 g/mol. The summed E-state index contributed by atoms with van der Waals surface area (Å²) in [7, 11) is 0. The van der Waals surface area contributed by atoms with Crippen molar-refractivity contribution in [2.24, 2.45) is 10.9 Å². The van der Waals surface area contributed by atoms with E-state index in [1.807, 2.05) is 6.92 Å². The van der Waals surface area contributed by atoms with Crippen LogP contribution in [0.2, 0.25) is 0 Å². The van der Waals surface area contributed by atoms with Crippen molar-refractivity contribution in [3.05, 3.63) is 35.4 Å². The molecule has 82 valence electrons. The third-order valence-electron chi connectivity index (χ3n) is 2.30. The average Bonchev–Trinajstić information content (AvgIpc) is 2.26. The van der Waals surface area contributed by atoms with E-state index < -0.39 is 0 Å². The smallest absolute Gasteiger partial charge is 0.153 e. The summed E-state index contributed by atoms with van der Waals surface area (Å²) in [5, 5.41) is 14.4. The number of oxime groups is 1. The SMILES string of the molecule is Cc1ccc([C@H](C)NC/C(N)=N/O)cc1. The molecule has 4 nitrogen and oxygen atoms in total. The van der Waals surface area contributed by atoms with Crippen molar-refractivity contribution in [2.75, 3.05) is 6.54 Å². The molecule has 0 aliphatic rings. The van der Waals surface area contributed by atoms with Gasteiger partial charge in [0.1, 0.15) is 0 Å². The maximum Gasteiger partial charge on any atom is 0.153 e. The molecule has 1 aromatic rings. The highest BCUT2D eigenvalue weighted by atomic mass is 16.4. The quantitative estimate of drug-likeness (QED) is 0.302. The van der Waals surface area contributed by atoms with Crippen molar-refractivity contribution >= 4 is 5.84 Å². The normalized spacial score (nSPS) is 13.9. The largest absolute Gasteiger partial charge is 0.409 e. The molecule has 0 bridgehead atoms. The van der Waals surface area contributed by atoms with Crippen molar-refractivity contribution in [2.45, 2.75) is 19.9 Å². The van der Waals surface area contributed by atoms with Crippen LogP contribution in [0, 0.1) is 6.92 Å². The summed E-state index contributed by atoms with van der Waals surface area (Å²) < 4.78 is 0. The molecule has 0 aromatic heterocycles. The maximum atomic E-state index is 8.38. The van der Waals surface area contributed by atoms with Gasteiger partial charge in [-0.2, -0.15) is 0 Å². The van der Waals surface area contributed by atoms with Gasteiger partial charge in [-0.1, -0.05) is 35.0 Å². The molecule has 4 heteroatoms. The fourth-order valence-electron chi connectivity index (χ4n) is 1.27. The molecule has 15 heavy (non-hydrogen) atoms. The topological polar surface area (TPSA) is 70.6 Å². The van der Waals surface area contributed by atoms with Crippen molar-refractivity contribution in [1.82, 2.24) is 5.32 Å². The van der Waals surface area contributed by atoms with Crippen LogP contribution in [0.25, 0.3) is 0 Å². The van der Waals surface area contributed by atoms with Crippen LogP contribution >= 0.6 is 0 Å². The lowest BCUT2D eigenvalue weighted by Gasteiger charge is -2.13. The zero-order valence-electron chi connectivity index (χ0n) is 9.07. The Bertz CT molecular complexity index is 332. The van der Waals surface area contributed by atoms with E-state index in [9.17, 15) is 0 Å². The zero-order chi connectivity index (χ0) is 11.3. The van der Waals surface area contributed by atoms with Crippen LogP contribution in [-0.4, -0.2) is 17.6 Å². The number of hydrogen-bond acceptors (Lipinski definition) is 3. The molecule has 1 aromatic carbocycles. The molecule has 0 aliphatic heterocycles. The van der Waals surface area contributed by atoms with Gasteiger partial charge in [0.2, 0.25) is 0 Å². The summed E-state index contributed by atoms with van der Waals surface area (Å²) >= 11 is 0. The minimum atomic E-state index is 0.186. The number of nitrogens with one attached hydrogen (secondary N) is 1. The van der Waals surface area contributed by atoms with Crippen molar-refractivity contribution in [3.8, 4) is 0 Å². The molecule has 1 rings (SSSR count). The van der Waals surface area contributed by atoms with Gasteiger partial charge >= 0.3 is 0 Å². The predicted molar refractivity (Wildman–Crippen MR) is 61.0 cm³/mol. The number of nitrogens with zero attached hydrogens (tertiary/aromatic N) is 1. The van der Waals surface area contributed by atoms with Crippen LogP contribution in [0.4, 0.5) is 0 Å². The molecule has 1 atom stereocenters. The highest BCUT2D eigenvalue weighted by Gasteiger charge is 2.04. The van der Waals surface area contributed by atoms with E-state index in [0.717, 1.165) is 0 Å². The molecular formula is C11H17N3O. The molecule has 0 fully saturated rings. The molecule has 0 spiro atoms. The molecule has 0 aliphatic carbocycles. The number of hydrogen-bond donors (Lipinski definition) is 3. The Hall–Kier alpha value is -1.55. The van der Waals surface area contributed by atoms with Crippen LogP contribution in [0.5, 0.6) is 0 Å². The number of amidine groups is 1. The number of nitrogens with two attached hydrogens (primary N) is 1. The Morgan fingerprint density at radius 2 is 2.07 bits per heavy atom. The fourth-order valence-corrected chi connectivity index (χ4v) is 1.27. The molecular weight excluding hydrogens is 190 g/mol. The monoisotopic (exact) mass is 207 g/mol. The van der Waals surface area contributed by atoms with Crippen molar-refractivity contribution in [3.63, 3.8) is 0 Å². The molecule has 0 unspecified atom stereocenters. The maximum absolute atomic E-state index is 8.38. The first-order valence-electron chi connectivity index (χ1n) is 4.90. The molecule has 4 N–H and O–H groups in total. The van der Waals surface area contributed by atoms with Gasteiger partial charge in [0.15, 0.2) is 5.84 Å². The van der Waals surface area contributed by atoms with E-state index in [2.05, 4.69) is 41.7 Å². The Morgan fingerprint density at radius 1 is 1.47 bits per heavy atom. The number of aryl methyl sites for hydroxylation is 1. The Balaban J connectivity index is 2.53. The Kier molecular flexibility index (Phi) is 4.12. The number of rotatable bonds is 4. The summed E-state index contributed by atoms with van der Waals surface area (Å²) in [5.74, 6) is 0.189.